The molecule has 0 atom stereocenters. The number of likely N-dealkylation sites (tertiary alicyclic amines) is 1. The smallest absolute Gasteiger partial charge is 0.220 e. The topological polar surface area (TPSA) is 67.6 Å². The van der Waals surface area contributed by atoms with Crippen LogP contribution in [0, 0.1) is 0 Å². The van der Waals surface area contributed by atoms with Gasteiger partial charge >= 0.3 is 0 Å². The molecule has 2 rings (SSSR count). The number of amides is 1. The average Bonchev–Trinajstić information content (AvgIpc) is 2.43. The van der Waals surface area contributed by atoms with Gasteiger partial charge in [-0.15, -0.1) is 0 Å². The number of carbonyl (C=O) groups excluding carboxylic acids is 1. The number of rotatable bonds is 6. The van der Waals surface area contributed by atoms with Gasteiger partial charge in [-0.25, -0.2) is 0 Å². The monoisotopic (exact) mass is 277 g/mol. The minimum absolute atomic E-state index is 0.246. The van der Waals surface area contributed by atoms with Crippen molar-refractivity contribution in [3.8, 4) is 5.75 Å². The SMILES string of the molecule is CN1CCC(Nc2ccc(OCCC(N)=O)cc2)CC1. The molecule has 5 nitrogen and oxygen atoms in total. The molecule has 20 heavy (non-hydrogen) atoms. The molecule has 0 aliphatic carbocycles. The number of benzene rings is 1. The van der Waals surface area contributed by atoms with E-state index in [0.29, 0.717) is 12.6 Å². The van der Waals surface area contributed by atoms with Crippen molar-refractivity contribution in [1.29, 1.82) is 0 Å². The van der Waals surface area contributed by atoms with Crippen LogP contribution in [-0.2, 0) is 4.79 Å². The Hall–Kier alpha value is -1.75. The van der Waals surface area contributed by atoms with Crippen LogP contribution in [0.4, 0.5) is 5.69 Å². The molecule has 0 radical (unpaired) electrons. The molecule has 1 fully saturated rings. The summed E-state index contributed by atoms with van der Waals surface area (Å²) in [6.07, 6.45) is 2.59. The van der Waals surface area contributed by atoms with Gasteiger partial charge in [0.2, 0.25) is 5.91 Å². The van der Waals surface area contributed by atoms with Crippen molar-refractivity contribution >= 4 is 11.6 Å². The number of primary amides is 1. The minimum atomic E-state index is -0.342. The molecule has 0 aromatic heterocycles. The molecule has 1 aliphatic heterocycles. The number of carbonyl (C=O) groups is 1. The van der Waals surface area contributed by atoms with E-state index in [1.807, 2.05) is 24.3 Å². The summed E-state index contributed by atoms with van der Waals surface area (Å²) in [6.45, 7) is 2.62. The van der Waals surface area contributed by atoms with Crippen molar-refractivity contribution in [3.05, 3.63) is 24.3 Å². The number of hydrogen-bond donors (Lipinski definition) is 2. The number of anilines is 1. The van der Waals surface area contributed by atoms with Crippen molar-refractivity contribution in [2.45, 2.75) is 25.3 Å². The van der Waals surface area contributed by atoms with Crippen LogP contribution in [-0.4, -0.2) is 43.6 Å². The fourth-order valence-corrected chi connectivity index (χ4v) is 2.31. The van der Waals surface area contributed by atoms with E-state index in [0.717, 1.165) is 24.5 Å². The Kier molecular flexibility index (Phi) is 5.24. The molecule has 0 bridgehead atoms. The Balaban J connectivity index is 1.77. The van der Waals surface area contributed by atoms with Crippen LogP contribution >= 0.6 is 0 Å². The zero-order chi connectivity index (χ0) is 14.4. The van der Waals surface area contributed by atoms with Gasteiger partial charge in [0.25, 0.3) is 0 Å². The summed E-state index contributed by atoms with van der Waals surface area (Å²) in [5.74, 6) is 0.422. The van der Waals surface area contributed by atoms with Crippen LogP contribution in [0.5, 0.6) is 5.75 Å². The van der Waals surface area contributed by atoms with E-state index >= 15 is 0 Å². The Morgan fingerprint density at radius 1 is 1.35 bits per heavy atom. The molecule has 1 aromatic rings. The van der Waals surface area contributed by atoms with E-state index in [9.17, 15) is 4.79 Å². The first-order valence-electron chi connectivity index (χ1n) is 7.10. The summed E-state index contributed by atoms with van der Waals surface area (Å²) in [5.41, 5.74) is 6.18. The second-order valence-electron chi connectivity index (χ2n) is 5.31. The standard InChI is InChI=1S/C15H23N3O2/c1-18-9-6-13(7-10-18)17-12-2-4-14(5-3-12)20-11-8-15(16)19/h2-5,13,17H,6-11H2,1H3,(H2,16,19). The molecule has 3 N–H and O–H groups in total. The molecule has 1 aromatic carbocycles. The maximum atomic E-state index is 10.6. The second kappa shape index (κ2) is 7.14. The Bertz CT molecular complexity index is 425. The van der Waals surface area contributed by atoms with E-state index in [1.54, 1.807) is 0 Å². The lowest BCUT2D eigenvalue weighted by atomic mass is 10.1. The Labute approximate surface area is 120 Å². The summed E-state index contributed by atoms with van der Waals surface area (Å²) in [6, 6.07) is 8.40. The summed E-state index contributed by atoms with van der Waals surface area (Å²) in [5, 5.41) is 3.55. The molecular weight excluding hydrogens is 254 g/mol. The summed E-state index contributed by atoms with van der Waals surface area (Å²) < 4.78 is 5.44. The number of hydrogen-bond acceptors (Lipinski definition) is 4. The van der Waals surface area contributed by atoms with Crippen LogP contribution in [0.3, 0.4) is 0 Å². The van der Waals surface area contributed by atoms with E-state index in [-0.39, 0.29) is 12.3 Å². The molecule has 1 amide bonds. The van der Waals surface area contributed by atoms with Crippen LogP contribution in [0.1, 0.15) is 19.3 Å². The van der Waals surface area contributed by atoms with Gasteiger partial charge in [-0.1, -0.05) is 0 Å². The molecule has 1 saturated heterocycles. The van der Waals surface area contributed by atoms with Gasteiger partial charge < -0.3 is 20.7 Å². The van der Waals surface area contributed by atoms with Crippen LogP contribution in [0.2, 0.25) is 0 Å². The summed E-state index contributed by atoms with van der Waals surface area (Å²) >= 11 is 0. The second-order valence-corrected chi connectivity index (χ2v) is 5.31. The molecular formula is C15H23N3O2. The summed E-state index contributed by atoms with van der Waals surface area (Å²) in [7, 11) is 2.16. The molecule has 0 spiro atoms. The highest BCUT2D eigenvalue weighted by molar-refractivity contribution is 5.73. The Morgan fingerprint density at radius 2 is 2.00 bits per heavy atom. The molecule has 0 unspecified atom stereocenters. The zero-order valence-electron chi connectivity index (χ0n) is 12.0. The zero-order valence-corrected chi connectivity index (χ0v) is 12.0. The molecule has 1 heterocycles. The van der Waals surface area contributed by atoms with Crippen molar-refractivity contribution in [2.75, 3.05) is 32.1 Å². The number of nitrogens with zero attached hydrogens (tertiary/aromatic N) is 1. The van der Waals surface area contributed by atoms with Gasteiger partial charge in [-0.3, -0.25) is 4.79 Å². The fourth-order valence-electron chi connectivity index (χ4n) is 2.31. The fraction of sp³-hybridized carbons (Fsp3) is 0.533. The lowest BCUT2D eigenvalue weighted by Crippen LogP contribution is -2.36. The van der Waals surface area contributed by atoms with Gasteiger partial charge in [0.1, 0.15) is 5.75 Å². The summed E-state index contributed by atoms with van der Waals surface area (Å²) in [4.78, 5) is 13.0. The maximum Gasteiger partial charge on any atom is 0.220 e. The molecule has 1 aliphatic rings. The van der Waals surface area contributed by atoms with E-state index in [2.05, 4.69) is 17.3 Å². The first-order valence-corrected chi connectivity index (χ1v) is 7.10. The third-order valence-electron chi connectivity index (χ3n) is 3.56. The van der Waals surface area contributed by atoms with Crippen molar-refractivity contribution < 1.29 is 9.53 Å². The predicted molar refractivity (Wildman–Crippen MR) is 79.9 cm³/mol. The maximum absolute atomic E-state index is 10.6. The quantitative estimate of drug-likeness (QED) is 0.826. The minimum Gasteiger partial charge on any atom is -0.493 e. The van der Waals surface area contributed by atoms with Crippen LogP contribution in [0.15, 0.2) is 24.3 Å². The van der Waals surface area contributed by atoms with Crippen LogP contribution < -0.4 is 15.8 Å². The van der Waals surface area contributed by atoms with Gasteiger partial charge in [0.15, 0.2) is 0 Å². The molecule has 5 heteroatoms. The number of piperidine rings is 1. The highest BCUT2D eigenvalue weighted by Crippen LogP contribution is 2.19. The van der Waals surface area contributed by atoms with Gasteiger partial charge in [0.05, 0.1) is 13.0 Å². The number of ether oxygens (including phenoxy) is 1. The van der Waals surface area contributed by atoms with Gasteiger partial charge in [0, 0.05) is 11.7 Å². The van der Waals surface area contributed by atoms with Crippen molar-refractivity contribution in [1.82, 2.24) is 4.90 Å². The third-order valence-corrected chi connectivity index (χ3v) is 3.56. The first kappa shape index (κ1) is 14.7. The highest BCUT2D eigenvalue weighted by atomic mass is 16.5. The third kappa shape index (κ3) is 4.74. The first-order chi connectivity index (χ1) is 9.63. The molecule has 110 valence electrons. The normalized spacial score (nSPS) is 16.9. The largest absolute Gasteiger partial charge is 0.493 e. The van der Waals surface area contributed by atoms with E-state index in [1.165, 1.54) is 12.8 Å². The lowest BCUT2D eigenvalue weighted by Gasteiger charge is -2.30. The van der Waals surface area contributed by atoms with Crippen molar-refractivity contribution in [3.63, 3.8) is 0 Å². The highest BCUT2D eigenvalue weighted by Gasteiger charge is 2.15. The Morgan fingerprint density at radius 3 is 2.60 bits per heavy atom. The van der Waals surface area contributed by atoms with Gasteiger partial charge in [-0.2, -0.15) is 0 Å². The number of nitrogens with one attached hydrogen (secondary N) is 1. The number of nitrogens with two attached hydrogens (primary N) is 1. The molecule has 0 saturated carbocycles. The lowest BCUT2D eigenvalue weighted by molar-refractivity contribution is -0.118. The van der Waals surface area contributed by atoms with E-state index in [4.69, 9.17) is 10.5 Å². The van der Waals surface area contributed by atoms with E-state index < -0.39 is 0 Å². The van der Waals surface area contributed by atoms with Gasteiger partial charge in [-0.05, 0) is 57.2 Å². The average molecular weight is 277 g/mol. The van der Waals surface area contributed by atoms with Crippen LogP contribution in [0.25, 0.3) is 0 Å². The van der Waals surface area contributed by atoms with Crippen molar-refractivity contribution in [2.24, 2.45) is 5.73 Å². The predicted octanol–water partition coefficient (Wildman–Crippen LogP) is 1.45.